The van der Waals surface area contributed by atoms with Crippen molar-refractivity contribution in [3.05, 3.63) is 53.6 Å². The van der Waals surface area contributed by atoms with Crippen LogP contribution in [-0.2, 0) is 4.79 Å². The molecule has 0 spiro atoms. The molecule has 0 bridgehead atoms. The van der Waals surface area contributed by atoms with Crippen molar-refractivity contribution >= 4 is 22.8 Å². The summed E-state index contributed by atoms with van der Waals surface area (Å²) in [6.45, 7) is 7.37. The number of anilines is 1. The molecule has 31 heavy (non-hydrogen) atoms. The van der Waals surface area contributed by atoms with Gasteiger partial charge in [-0.2, -0.15) is 5.26 Å². The van der Waals surface area contributed by atoms with E-state index in [1.54, 1.807) is 0 Å². The van der Waals surface area contributed by atoms with Gasteiger partial charge in [-0.15, -0.1) is 0 Å². The summed E-state index contributed by atoms with van der Waals surface area (Å²) >= 11 is 0. The van der Waals surface area contributed by atoms with Crippen LogP contribution in [0.15, 0.2) is 42.5 Å². The summed E-state index contributed by atoms with van der Waals surface area (Å²) < 4.78 is 0. The van der Waals surface area contributed by atoms with Crippen molar-refractivity contribution < 1.29 is 4.79 Å². The lowest BCUT2D eigenvalue weighted by atomic mass is 10.0. The van der Waals surface area contributed by atoms with E-state index in [0.717, 1.165) is 46.6 Å². The van der Waals surface area contributed by atoms with Gasteiger partial charge in [0.25, 0.3) is 0 Å². The first-order valence-corrected chi connectivity index (χ1v) is 10.7. The number of fused-ring (bicyclic) bond motifs is 1. The summed E-state index contributed by atoms with van der Waals surface area (Å²) in [7, 11) is 1.89. The van der Waals surface area contributed by atoms with Gasteiger partial charge in [-0.1, -0.05) is 26.0 Å². The Morgan fingerprint density at radius 2 is 1.90 bits per heavy atom. The number of benzene rings is 2. The second-order valence-corrected chi connectivity index (χ2v) is 8.58. The molecular weight excluding hydrogens is 386 g/mol. The highest BCUT2D eigenvalue weighted by molar-refractivity contribution is 5.84. The zero-order chi connectivity index (χ0) is 22.1. The topological polar surface area (TPSA) is 73.1 Å². The van der Waals surface area contributed by atoms with Crippen LogP contribution in [0.1, 0.15) is 31.4 Å². The molecular formula is C25H27N5O. The Hall–Kier alpha value is -3.46. The first-order chi connectivity index (χ1) is 14.9. The summed E-state index contributed by atoms with van der Waals surface area (Å²) in [5, 5.41) is 9.44. The van der Waals surface area contributed by atoms with Crippen molar-refractivity contribution in [1.82, 2.24) is 14.9 Å². The zero-order valence-corrected chi connectivity index (χ0v) is 18.5. The lowest BCUT2D eigenvalue weighted by Crippen LogP contribution is -2.41. The third kappa shape index (κ3) is 4.09. The Balaban J connectivity index is 1.77. The van der Waals surface area contributed by atoms with Crippen LogP contribution in [0.2, 0.25) is 0 Å². The summed E-state index contributed by atoms with van der Waals surface area (Å²) in [5.41, 5.74) is 4.94. The van der Waals surface area contributed by atoms with E-state index in [9.17, 15) is 10.1 Å². The minimum atomic E-state index is -0.0215. The Kier molecular flexibility index (Phi) is 5.60. The molecule has 1 fully saturated rings. The molecule has 0 unspecified atom stereocenters. The first kappa shape index (κ1) is 20.8. The maximum atomic E-state index is 12.5. The zero-order valence-electron chi connectivity index (χ0n) is 18.5. The van der Waals surface area contributed by atoms with Crippen molar-refractivity contribution in [2.75, 3.05) is 25.0 Å². The molecule has 1 aromatic heterocycles. The summed E-state index contributed by atoms with van der Waals surface area (Å²) in [4.78, 5) is 26.5. The van der Waals surface area contributed by atoms with Crippen LogP contribution in [0.5, 0.6) is 0 Å². The van der Waals surface area contributed by atoms with Gasteiger partial charge in [0.1, 0.15) is 5.69 Å². The van der Waals surface area contributed by atoms with E-state index in [1.165, 1.54) is 0 Å². The smallest absolute Gasteiger partial charge is 0.225 e. The fraction of sp³-hybridized carbons (Fsp3) is 0.360. The number of aromatic nitrogens is 2. The minimum Gasteiger partial charge on any atom is -0.353 e. The number of carbonyl (C=O) groups is 1. The first-order valence-electron chi connectivity index (χ1n) is 10.7. The molecule has 1 saturated heterocycles. The molecule has 6 nitrogen and oxygen atoms in total. The normalized spacial score (nSPS) is 16.0. The molecule has 2 heterocycles. The average molecular weight is 414 g/mol. The van der Waals surface area contributed by atoms with Crippen LogP contribution < -0.4 is 4.90 Å². The van der Waals surface area contributed by atoms with Crippen LogP contribution in [0, 0.1) is 24.2 Å². The summed E-state index contributed by atoms with van der Waals surface area (Å²) in [5.74, 6) is 0.946. The Bertz CT molecular complexity index is 1180. The SMILES string of the molecule is Cc1cc(C#N)cc(-c2nc3ccccc3nc2N2CC[C@H](N(C)C(=O)C(C)C)C2)c1. The van der Waals surface area contributed by atoms with Crippen LogP contribution in [-0.4, -0.2) is 47.0 Å². The molecule has 4 rings (SSSR count). The van der Waals surface area contributed by atoms with Gasteiger partial charge in [0, 0.05) is 31.6 Å². The number of hydrogen-bond donors (Lipinski definition) is 0. The number of hydrogen-bond acceptors (Lipinski definition) is 5. The Morgan fingerprint density at radius 3 is 2.58 bits per heavy atom. The van der Waals surface area contributed by atoms with Gasteiger partial charge >= 0.3 is 0 Å². The number of aryl methyl sites for hydroxylation is 1. The largest absolute Gasteiger partial charge is 0.353 e. The predicted octanol–water partition coefficient (Wildman–Crippen LogP) is 4.17. The van der Waals surface area contributed by atoms with Crippen LogP contribution in [0.3, 0.4) is 0 Å². The number of nitrogens with zero attached hydrogens (tertiary/aromatic N) is 5. The van der Waals surface area contributed by atoms with Gasteiger partial charge in [-0.3, -0.25) is 4.79 Å². The van der Waals surface area contributed by atoms with E-state index in [-0.39, 0.29) is 17.9 Å². The van der Waals surface area contributed by atoms with E-state index < -0.39 is 0 Å². The van der Waals surface area contributed by atoms with Crippen LogP contribution in [0.4, 0.5) is 5.82 Å². The second kappa shape index (κ2) is 8.35. The molecule has 1 aliphatic heterocycles. The fourth-order valence-electron chi connectivity index (χ4n) is 4.23. The number of carbonyl (C=O) groups excluding carboxylic acids is 1. The summed E-state index contributed by atoms with van der Waals surface area (Å²) in [6, 6.07) is 16.0. The van der Waals surface area contributed by atoms with Gasteiger partial charge in [0.15, 0.2) is 5.82 Å². The predicted molar refractivity (Wildman–Crippen MR) is 123 cm³/mol. The van der Waals surface area contributed by atoms with Gasteiger partial charge < -0.3 is 9.80 Å². The molecule has 0 aliphatic carbocycles. The molecule has 1 amide bonds. The van der Waals surface area contributed by atoms with E-state index in [0.29, 0.717) is 12.1 Å². The van der Waals surface area contributed by atoms with Gasteiger partial charge in [0.2, 0.25) is 5.91 Å². The molecule has 1 aliphatic rings. The lowest BCUT2D eigenvalue weighted by Gasteiger charge is -2.27. The standard InChI is InChI=1S/C25H27N5O/c1-16(2)25(31)29(4)20-9-10-30(15-20)24-23(19-12-17(3)11-18(13-19)14-26)27-21-7-5-6-8-22(21)28-24/h5-8,11-13,16,20H,9-10,15H2,1-4H3/t20-/m0/s1. The number of para-hydroxylation sites is 2. The third-order valence-corrected chi connectivity index (χ3v) is 5.88. The van der Waals surface area contributed by atoms with Gasteiger partial charge in [0.05, 0.1) is 28.7 Å². The Morgan fingerprint density at radius 1 is 1.19 bits per heavy atom. The molecule has 3 aromatic rings. The van der Waals surface area contributed by atoms with Crippen molar-refractivity contribution in [2.45, 2.75) is 33.2 Å². The highest BCUT2D eigenvalue weighted by Crippen LogP contribution is 2.33. The average Bonchev–Trinajstić information content (AvgIpc) is 3.26. The van der Waals surface area contributed by atoms with E-state index in [1.807, 2.05) is 75.2 Å². The molecule has 0 saturated carbocycles. The summed E-state index contributed by atoms with van der Waals surface area (Å²) in [6.07, 6.45) is 0.889. The van der Waals surface area contributed by atoms with Crippen molar-refractivity contribution in [3.63, 3.8) is 0 Å². The van der Waals surface area contributed by atoms with Gasteiger partial charge in [-0.05, 0) is 49.2 Å². The van der Waals surface area contributed by atoms with Crippen LogP contribution >= 0.6 is 0 Å². The van der Waals surface area contributed by atoms with E-state index in [2.05, 4.69) is 11.0 Å². The van der Waals surface area contributed by atoms with E-state index >= 15 is 0 Å². The Labute approximate surface area is 183 Å². The monoisotopic (exact) mass is 413 g/mol. The molecule has 0 N–H and O–H groups in total. The highest BCUT2D eigenvalue weighted by atomic mass is 16.2. The fourth-order valence-corrected chi connectivity index (χ4v) is 4.23. The third-order valence-electron chi connectivity index (χ3n) is 5.88. The van der Waals surface area contributed by atoms with Gasteiger partial charge in [-0.25, -0.2) is 9.97 Å². The maximum absolute atomic E-state index is 12.5. The second-order valence-electron chi connectivity index (χ2n) is 8.58. The molecule has 2 aromatic carbocycles. The minimum absolute atomic E-state index is 0.0215. The molecule has 6 heteroatoms. The molecule has 0 radical (unpaired) electrons. The van der Waals surface area contributed by atoms with Crippen LogP contribution in [0.25, 0.3) is 22.3 Å². The number of amides is 1. The van der Waals surface area contributed by atoms with Crippen molar-refractivity contribution in [2.24, 2.45) is 5.92 Å². The van der Waals surface area contributed by atoms with Crippen molar-refractivity contribution in [3.8, 4) is 17.3 Å². The molecule has 1 atom stereocenters. The number of rotatable bonds is 4. The van der Waals surface area contributed by atoms with E-state index in [4.69, 9.17) is 9.97 Å². The number of nitriles is 1. The molecule has 158 valence electrons. The maximum Gasteiger partial charge on any atom is 0.225 e. The van der Waals surface area contributed by atoms with Crippen molar-refractivity contribution in [1.29, 1.82) is 5.26 Å². The quantitative estimate of drug-likeness (QED) is 0.642. The number of likely N-dealkylation sites (N-methyl/N-ethyl adjacent to an activating group) is 1. The highest BCUT2D eigenvalue weighted by Gasteiger charge is 2.31. The lowest BCUT2D eigenvalue weighted by molar-refractivity contribution is -0.134.